The van der Waals surface area contributed by atoms with Gasteiger partial charge >= 0.3 is 5.97 Å². The molecular weight excluding hydrogens is 468 g/mol. The number of carbonyl (C=O) groups excluding carboxylic acids is 2. The Morgan fingerprint density at radius 1 is 1.14 bits per heavy atom. The second-order valence-electron chi connectivity index (χ2n) is 12.5. The molecule has 3 aliphatic rings. The Labute approximate surface area is 222 Å². The Kier molecular flexibility index (Phi) is 8.40. The van der Waals surface area contributed by atoms with Crippen LogP contribution in [0.25, 0.3) is 0 Å². The van der Waals surface area contributed by atoms with Gasteiger partial charge in [0.2, 0.25) is 0 Å². The summed E-state index contributed by atoms with van der Waals surface area (Å²) in [4.78, 5) is 26.3. The highest BCUT2D eigenvalue weighted by molar-refractivity contribution is 5.84. The zero-order chi connectivity index (χ0) is 26.8. The Morgan fingerprint density at radius 2 is 1.86 bits per heavy atom. The molecule has 2 unspecified atom stereocenters. The van der Waals surface area contributed by atoms with Gasteiger partial charge in [0.05, 0.1) is 0 Å². The van der Waals surface area contributed by atoms with Crippen molar-refractivity contribution in [2.45, 2.75) is 121 Å². The van der Waals surface area contributed by atoms with Crippen LogP contribution in [0.3, 0.4) is 0 Å². The molecule has 6 heteroatoms. The fraction of sp³-hybridized carbons (Fsp3) is 0.742. The number of esters is 1. The maximum absolute atomic E-state index is 13.7. The predicted octanol–water partition coefficient (Wildman–Crippen LogP) is 6.66. The molecule has 0 N–H and O–H groups in total. The summed E-state index contributed by atoms with van der Waals surface area (Å²) in [5.74, 6) is 1.31. The summed E-state index contributed by atoms with van der Waals surface area (Å²) >= 11 is 0. The minimum atomic E-state index is -1.02. The smallest absolute Gasteiger partial charge is 0.343 e. The van der Waals surface area contributed by atoms with Crippen molar-refractivity contribution >= 4 is 11.8 Å². The number of unbranched alkanes of at least 4 members (excludes halogenated alkanes) is 3. The van der Waals surface area contributed by atoms with E-state index in [1.165, 1.54) is 19.3 Å². The number of ketones is 1. The Balaban J connectivity index is 1.76. The zero-order valence-electron chi connectivity index (χ0n) is 23.7. The first-order chi connectivity index (χ1) is 17.5. The van der Waals surface area contributed by atoms with Crippen molar-refractivity contribution in [3.63, 3.8) is 0 Å². The van der Waals surface area contributed by atoms with Crippen LogP contribution in [0.5, 0.6) is 11.5 Å². The van der Waals surface area contributed by atoms with E-state index in [-0.39, 0.29) is 29.0 Å². The highest BCUT2D eigenvalue weighted by Crippen LogP contribution is 2.55. The Bertz CT molecular complexity index is 988. The van der Waals surface area contributed by atoms with E-state index in [2.05, 4.69) is 40.7 Å². The molecular formula is C31H46O6. The van der Waals surface area contributed by atoms with Gasteiger partial charge in [-0.2, -0.15) is 0 Å². The molecule has 2 atom stereocenters. The van der Waals surface area contributed by atoms with E-state index in [1.807, 2.05) is 6.07 Å². The van der Waals surface area contributed by atoms with Crippen molar-refractivity contribution in [1.82, 2.24) is 0 Å². The first kappa shape index (κ1) is 28.1. The maximum atomic E-state index is 13.7. The van der Waals surface area contributed by atoms with Crippen molar-refractivity contribution < 1.29 is 28.5 Å². The van der Waals surface area contributed by atoms with Crippen LogP contribution in [0.15, 0.2) is 12.1 Å². The number of rotatable bonds is 9. The first-order valence-corrected chi connectivity index (χ1v) is 14.3. The fourth-order valence-electron chi connectivity index (χ4n) is 6.55. The van der Waals surface area contributed by atoms with Gasteiger partial charge in [0, 0.05) is 63.4 Å². The monoisotopic (exact) mass is 514 g/mol. The van der Waals surface area contributed by atoms with Crippen molar-refractivity contribution in [3.8, 4) is 11.5 Å². The summed E-state index contributed by atoms with van der Waals surface area (Å²) in [5.41, 5.74) is 0.426. The third-order valence-corrected chi connectivity index (χ3v) is 9.11. The SMILES string of the molecule is CCCCCCC(C)(C)c1cc(OC(=O)C2(OC)CCOCC2)c2c(c1)OC(C)(C)C1CCC(=O)CC21. The van der Waals surface area contributed by atoms with Gasteiger partial charge in [-0.3, -0.25) is 4.79 Å². The minimum absolute atomic E-state index is 0.0299. The van der Waals surface area contributed by atoms with Gasteiger partial charge in [0.25, 0.3) is 0 Å². The van der Waals surface area contributed by atoms with E-state index in [0.717, 1.165) is 36.1 Å². The average molecular weight is 515 g/mol. The highest BCUT2D eigenvalue weighted by Gasteiger charge is 2.49. The standard InChI is InChI=1S/C31H46O6/c1-7-8-9-10-13-29(2,3)21-18-25(36-28(33)31(34-6)14-16-35-17-15-31)27-23-20-22(32)11-12-24(23)30(4,5)37-26(27)19-21/h18-19,23-24H,7-17,20H2,1-6H3. The van der Waals surface area contributed by atoms with Crippen molar-refractivity contribution in [2.75, 3.05) is 20.3 Å². The van der Waals surface area contributed by atoms with Crippen molar-refractivity contribution in [1.29, 1.82) is 0 Å². The van der Waals surface area contributed by atoms with Gasteiger partial charge in [-0.1, -0.05) is 46.5 Å². The number of fused-ring (bicyclic) bond motifs is 3. The predicted molar refractivity (Wildman–Crippen MR) is 143 cm³/mol. The lowest BCUT2D eigenvalue weighted by Gasteiger charge is -2.47. The van der Waals surface area contributed by atoms with Crippen molar-refractivity contribution in [2.24, 2.45) is 5.92 Å². The van der Waals surface area contributed by atoms with Gasteiger partial charge < -0.3 is 18.9 Å². The van der Waals surface area contributed by atoms with Crippen LogP contribution in [0.4, 0.5) is 0 Å². The molecule has 2 fully saturated rings. The van der Waals surface area contributed by atoms with Gasteiger partial charge in [0.1, 0.15) is 22.9 Å². The third-order valence-electron chi connectivity index (χ3n) is 9.11. The van der Waals surface area contributed by atoms with E-state index in [9.17, 15) is 9.59 Å². The van der Waals surface area contributed by atoms with E-state index in [1.54, 1.807) is 7.11 Å². The van der Waals surface area contributed by atoms with E-state index >= 15 is 0 Å². The summed E-state index contributed by atoms with van der Waals surface area (Å²) < 4.78 is 24.2. The summed E-state index contributed by atoms with van der Waals surface area (Å²) in [6, 6.07) is 4.18. The lowest BCUT2D eigenvalue weighted by Crippen LogP contribution is -2.49. The number of hydrogen-bond donors (Lipinski definition) is 0. The molecule has 4 rings (SSSR count). The molecule has 2 heterocycles. The Hall–Kier alpha value is -1.92. The molecule has 1 saturated heterocycles. The molecule has 1 aliphatic carbocycles. The zero-order valence-corrected chi connectivity index (χ0v) is 23.7. The first-order valence-electron chi connectivity index (χ1n) is 14.3. The van der Waals surface area contributed by atoms with Crippen LogP contribution >= 0.6 is 0 Å². The number of Topliss-reactive ketones (excluding diaryl/α,β-unsaturated/α-hetero) is 1. The van der Waals surface area contributed by atoms with Crippen LogP contribution in [0, 0.1) is 5.92 Å². The van der Waals surface area contributed by atoms with Gasteiger partial charge in [-0.25, -0.2) is 4.79 Å². The minimum Gasteiger partial charge on any atom is -0.487 e. The summed E-state index contributed by atoms with van der Waals surface area (Å²) in [5, 5.41) is 0. The number of hydrogen-bond acceptors (Lipinski definition) is 6. The maximum Gasteiger partial charge on any atom is 0.343 e. The van der Waals surface area contributed by atoms with Gasteiger partial charge in [-0.15, -0.1) is 0 Å². The van der Waals surface area contributed by atoms with Crippen LogP contribution in [-0.4, -0.2) is 43.3 Å². The number of carbonyl (C=O) groups is 2. The van der Waals surface area contributed by atoms with Crippen LogP contribution in [-0.2, 0) is 24.5 Å². The molecule has 1 aromatic rings. The normalized spacial score (nSPS) is 24.5. The molecule has 1 saturated carbocycles. The molecule has 0 amide bonds. The highest BCUT2D eigenvalue weighted by atomic mass is 16.6. The molecule has 0 aromatic heterocycles. The summed E-state index contributed by atoms with van der Waals surface area (Å²) in [6.07, 6.45) is 8.57. The molecule has 206 valence electrons. The fourth-order valence-corrected chi connectivity index (χ4v) is 6.55. The summed E-state index contributed by atoms with van der Waals surface area (Å²) in [7, 11) is 1.57. The average Bonchev–Trinajstić information content (AvgIpc) is 2.86. The molecule has 6 nitrogen and oxygen atoms in total. The lowest BCUT2D eigenvalue weighted by molar-refractivity contribution is -0.170. The van der Waals surface area contributed by atoms with E-state index < -0.39 is 11.2 Å². The lowest BCUT2D eigenvalue weighted by atomic mass is 9.66. The molecule has 2 aliphatic heterocycles. The number of methoxy groups -OCH3 is 1. The topological polar surface area (TPSA) is 71.1 Å². The molecule has 0 spiro atoms. The van der Waals surface area contributed by atoms with E-state index in [0.29, 0.717) is 44.6 Å². The number of ether oxygens (including phenoxy) is 4. The van der Waals surface area contributed by atoms with Gasteiger partial charge in [-0.05, 0) is 49.8 Å². The molecule has 1 aromatic carbocycles. The van der Waals surface area contributed by atoms with E-state index in [4.69, 9.17) is 18.9 Å². The second-order valence-corrected chi connectivity index (χ2v) is 12.5. The largest absolute Gasteiger partial charge is 0.487 e. The second kappa shape index (κ2) is 11.1. The molecule has 0 bridgehead atoms. The summed E-state index contributed by atoms with van der Waals surface area (Å²) in [6.45, 7) is 11.9. The van der Waals surface area contributed by atoms with Crippen LogP contribution in [0.1, 0.15) is 116 Å². The quantitative estimate of drug-likeness (QED) is 0.208. The van der Waals surface area contributed by atoms with Crippen LogP contribution < -0.4 is 9.47 Å². The molecule has 37 heavy (non-hydrogen) atoms. The van der Waals surface area contributed by atoms with Gasteiger partial charge in [0.15, 0.2) is 5.60 Å². The third kappa shape index (κ3) is 5.75. The van der Waals surface area contributed by atoms with Crippen LogP contribution in [0.2, 0.25) is 0 Å². The number of benzene rings is 1. The van der Waals surface area contributed by atoms with Crippen molar-refractivity contribution in [3.05, 3.63) is 23.3 Å². The molecule has 0 radical (unpaired) electrons. The Morgan fingerprint density at radius 3 is 2.54 bits per heavy atom.